The van der Waals surface area contributed by atoms with Crippen molar-refractivity contribution in [2.75, 3.05) is 5.32 Å². The van der Waals surface area contributed by atoms with Crippen molar-refractivity contribution in [2.45, 2.75) is 38.1 Å². The molecule has 0 atom stereocenters. The van der Waals surface area contributed by atoms with Gasteiger partial charge in [-0.25, -0.2) is 4.98 Å². The molecule has 17 heavy (non-hydrogen) atoms. The number of benzene rings is 1. The average Bonchev–Trinajstić information content (AvgIpc) is 2.73. The summed E-state index contributed by atoms with van der Waals surface area (Å²) < 4.78 is 2.07. The van der Waals surface area contributed by atoms with Gasteiger partial charge in [-0.3, -0.25) is 0 Å². The predicted molar refractivity (Wildman–Crippen MR) is 71.2 cm³/mol. The molecule has 1 aliphatic carbocycles. The molecule has 0 radical (unpaired) electrons. The molecule has 0 aliphatic heterocycles. The van der Waals surface area contributed by atoms with Crippen LogP contribution in [0.4, 0.5) is 5.69 Å². The molecule has 1 N–H and O–H groups in total. The number of fused-ring (bicyclic) bond motifs is 1. The summed E-state index contributed by atoms with van der Waals surface area (Å²) in [6.07, 6.45) is 8.62. The maximum atomic E-state index is 4.34. The third-order valence-electron chi connectivity index (χ3n) is 3.70. The van der Waals surface area contributed by atoms with Gasteiger partial charge in [0, 0.05) is 18.8 Å². The van der Waals surface area contributed by atoms with Crippen LogP contribution in [0.1, 0.15) is 32.1 Å². The van der Waals surface area contributed by atoms with Crippen molar-refractivity contribution < 1.29 is 0 Å². The summed E-state index contributed by atoms with van der Waals surface area (Å²) in [6, 6.07) is 7.11. The molecule has 0 saturated heterocycles. The van der Waals surface area contributed by atoms with Crippen LogP contribution in [0.2, 0.25) is 0 Å². The van der Waals surface area contributed by atoms with E-state index in [9.17, 15) is 0 Å². The third-order valence-corrected chi connectivity index (χ3v) is 3.70. The van der Waals surface area contributed by atoms with Crippen LogP contribution < -0.4 is 5.32 Å². The molecule has 0 amide bonds. The lowest BCUT2D eigenvalue weighted by Gasteiger charge is -2.23. The minimum atomic E-state index is 0.662. The molecule has 0 spiro atoms. The maximum absolute atomic E-state index is 4.34. The number of aryl methyl sites for hydroxylation is 1. The van der Waals surface area contributed by atoms with Crippen LogP contribution in [0, 0.1) is 0 Å². The highest BCUT2D eigenvalue weighted by atomic mass is 15.0. The molecular formula is C14H19N3. The summed E-state index contributed by atoms with van der Waals surface area (Å²) in [7, 11) is 2.04. The quantitative estimate of drug-likeness (QED) is 0.856. The lowest BCUT2D eigenvalue weighted by atomic mass is 9.95. The van der Waals surface area contributed by atoms with Crippen LogP contribution in [0.3, 0.4) is 0 Å². The van der Waals surface area contributed by atoms with Gasteiger partial charge in [0.05, 0.1) is 17.4 Å². The number of rotatable bonds is 2. The van der Waals surface area contributed by atoms with Crippen LogP contribution in [0.5, 0.6) is 0 Å². The zero-order chi connectivity index (χ0) is 11.7. The Hall–Kier alpha value is -1.51. The van der Waals surface area contributed by atoms with Crippen molar-refractivity contribution in [2.24, 2.45) is 7.05 Å². The molecule has 90 valence electrons. The van der Waals surface area contributed by atoms with E-state index in [0.29, 0.717) is 6.04 Å². The second kappa shape index (κ2) is 4.40. The van der Waals surface area contributed by atoms with Crippen molar-refractivity contribution in [3.05, 3.63) is 24.5 Å². The number of anilines is 1. The molecule has 3 rings (SSSR count). The monoisotopic (exact) mass is 229 g/mol. The molecule has 1 aromatic carbocycles. The summed E-state index contributed by atoms with van der Waals surface area (Å²) in [5.41, 5.74) is 3.50. The molecular weight excluding hydrogens is 210 g/mol. The van der Waals surface area contributed by atoms with E-state index in [1.165, 1.54) is 43.3 Å². The van der Waals surface area contributed by atoms with Gasteiger partial charge in [-0.2, -0.15) is 0 Å². The minimum absolute atomic E-state index is 0.662. The number of nitrogens with zero attached hydrogens (tertiary/aromatic N) is 2. The van der Waals surface area contributed by atoms with Crippen LogP contribution in [-0.2, 0) is 7.05 Å². The zero-order valence-corrected chi connectivity index (χ0v) is 10.3. The Morgan fingerprint density at radius 3 is 2.88 bits per heavy atom. The van der Waals surface area contributed by atoms with Crippen molar-refractivity contribution in [1.82, 2.24) is 9.55 Å². The fourth-order valence-corrected chi connectivity index (χ4v) is 2.70. The number of aromatic nitrogens is 2. The van der Waals surface area contributed by atoms with E-state index in [1.807, 2.05) is 13.4 Å². The third kappa shape index (κ3) is 2.14. The van der Waals surface area contributed by atoms with Gasteiger partial charge in [0.2, 0.25) is 0 Å². The van der Waals surface area contributed by atoms with Crippen LogP contribution in [0.15, 0.2) is 24.5 Å². The molecule has 1 saturated carbocycles. The van der Waals surface area contributed by atoms with Gasteiger partial charge in [-0.15, -0.1) is 0 Å². The SMILES string of the molecule is Cn1cnc2ccc(NC3CCCCC3)cc21. The standard InChI is InChI=1S/C14H19N3/c1-17-10-15-13-8-7-12(9-14(13)17)16-11-5-3-2-4-6-11/h7-11,16H,2-6H2,1H3. The Bertz CT molecular complexity index is 509. The Balaban J connectivity index is 1.82. The average molecular weight is 229 g/mol. The minimum Gasteiger partial charge on any atom is -0.382 e. The van der Waals surface area contributed by atoms with E-state index in [4.69, 9.17) is 0 Å². The van der Waals surface area contributed by atoms with Gasteiger partial charge in [-0.1, -0.05) is 19.3 Å². The number of hydrogen-bond donors (Lipinski definition) is 1. The summed E-state index contributed by atoms with van der Waals surface area (Å²) in [5, 5.41) is 3.65. The summed E-state index contributed by atoms with van der Waals surface area (Å²) in [4.78, 5) is 4.34. The van der Waals surface area contributed by atoms with Gasteiger partial charge in [0.25, 0.3) is 0 Å². The Morgan fingerprint density at radius 1 is 1.24 bits per heavy atom. The smallest absolute Gasteiger partial charge is 0.0955 e. The second-order valence-electron chi connectivity index (χ2n) is 5.04. The first kappa shape index (κ1) is 10.6. The largest absolute Gasteiger partial charge is 0.382 e. The van der Waals surface area contributed by atoms with Crippen molar-refractivity contribution in [1.29, 1.82) is 0 Å². The zero-order valence-electron chi connectivity index (χ0n) is 10.3. The highest BCUT2D eigenvalue weighted by Crippen LogP contribution is 2.23. The Labute approximate surface area is 102 Å². The first-order chi connectivity index (χ1) is 8.33. The lowest BCUT2D eigenvalue weighted by Crippen LogP contribution is -2.22. The molecule has 1 heterocycles. The second-order valence-corrected chi connectivity index (χ2v) is 5.04. The first-order valence-electron chi connectivity index (χ1n) is 6.50. The van der Waals surface area contributed by atoms with Crippen LogP contribution in [0.25, 0.3) is 11.0 Å². The van der Waals surface area contributed by atoms with E-state index in [-0.39, 0.29) is 0 Å². The first-order valence-corrected chi connectivity index (χ1v) is 6.50. The maximum Gasteiger partial charge on any atom is 0.0955 e. The van der Waals surface area contributed by atoms with Gasteiger partial charge in [0.15, 0.2) is 0 Å². The topological polar surface area (TPSA) is 29.9 Å². The molecule has 3 nitrogen and oxygen atoms in total. The lowest BCUT2D eigenvalue weighted by molar-refractivity contribution is 0.463. The normalized spacial score (nSPS) is 17.5. The van der Waals surface area contributed by atoms with Gasteiger partial charge < -0.3 is 9.88 Å². The van der Waals surface area contributed by atoms with E-state index in [1.54, 1.807) is 0 Å². The Morgan fingerprint density at radius 2 is 2.06 bits per heavy atom. The highest BCUT2D eigenvalue weighted by Gasteiger charge is 2.13. The fraction of sp³-hybridized carbons (Fsp3) is 0.500. The Kier molecular flexibility index (Phi) is 2.75. The molecule has 2 aromatic rings. The molecule has 1 aromatic heterocycles. The summed E-state index contributed by atoms with van der Waals surface area (Å²) in [6.45, 7) is 0. The van der Waals surface area contributed by atoms with E-state index < -0.39 is 0 Å². The summed E-state index contributed by atoms with van der Waals surface area (Å²) in [5.74, 6) is 0. The highest BCUT2D eigenvalue weighted by molar-refractivity contribution is 5.79. The van der Waals surface area contributed by atoms with Crippen LogP contribution in [-0.4, -0.2) is 15.6 Å². The summed E-state index contributed by atoms with van der Waals surface area (Å²) >= 11 is 0. The van der Waals surface area contributed by atoms with E-state index in [0.717, 1.165) is 5.52 Å². The molecule has 3 heteroatoms. The van der Waals surface area contributed by atoms with E-state index >= 15 is 0 Å². The number of imidazole rings is 1. The number of hydrogen-bond acceptors (Lipinski definition) is 2. The number of nitrogens with one attached hydrogen (secondary N) is 1. The predicted octanol–water partition coefficient (Wildman–Crippen LogP) is 3.32. The molecule has 0 bridgehead atoms. The van der Waals surface area contributed by atoms with Crippen molar-refractivity contribution >= 4 is 16.7 Å². The van der Waals surface area contributed by atoms with Gasteiger partial charge in [0.1, 0.15) is 0 Å². The van der Waals surface area contributed by atoms with Crippen LogP contribution >= 0.6 is 0 Å². The molecule has 1 fully saturated rings. The van der Waals surface area contributed by atoms with Crippen molar-refractivity contribution in [3.8, 4) is 0 Å². The van der Waals surface area contributed by atoms with E-state index in [2.05, 4.69) is 33.1 Å². The molecule has 1 aliphatic rings. The molecule has 0 unspecified atom stereocenters. The van der Waals surface area contributed by atoms with Gasteiger partial charge >= 0.3 is 0 Å². The van der Waals surface area contributed by atoms with Gasteiger partial charge in [-0.05, 0) is 31.0 Å². The fourth-order valence-electron chi connectivity index (χ4n) is 2.70. The van der Waals surface area contributed by atoms with Crippen molar-refractivity contribution in [3.63, 3.8) is 0 Å².